The minimum Gasteiger partial charge on any atom is -0.212 e. The van der Waals surface area contributed by atoms with Crippen molar-refractivity contribution in [2.45, 2.75) is 57.9 Å². The van der Waals surface area contributed by atoms with Crippen molar-refractivity contribution in [2.75, 3.05) is 18.2 Å². The van der Waals surface area contributed by atoms with Crippen LogP contribution < -0.4 is 0 Å². The molecule has 0 radical (unpaired) electrons. The maximum absolute atomic E-state index is 12.2. The van der Waals surface area contributed by atoms with E-state index in [1.807, 2.05) is 6.92 Å². The molecular formula is C12H24ClNO2S. The van der Waals surface area contributed by atoms with Gasteiger partial charge in [-0.05, 0) is 25.7 Å². The third-order valence-corrected chi connectivity index (χ3v) is 5.78. The molecule has 0 bridgehead atoms. The average molecular weight is 282 g/mol. The van der Waals surface area contributed by atoms with Crippen LogP contribution in [0.15, 0.2) is 0 Å². The molecule has 0 aromatic rings. The van der Waals surface area contributed by atoms with Crippen LogP contribution in [-0.2, 0) is 10.0 Å². The molecule has 17 heavy (non-hydrogen) atoms. The van der Waals surface area contributed by atoms with Crippen LogP contribution in [0.25, 0.3) is 0 Å². The molecule has 3 nitrogen and oxygen atoms in total. The van der Waals surface area contributed by atoms with Crippen LogP contribution in [0.3, 0.4) is 0 Å². The Morgan fingerprint density at radius 1 is 1.18 bits per heavy atom. The van der Waals surface area contributed by atoms with Gasteiger partial charge in [0.05, 0.1) is 5.75 Å². The molecule has 102 valence electrons. The van der Waals surface area contributed by atoms with Crippen LogP contribution in [-0.4, -0.2) is 36.9 Å². The van der Waals surface area contributed by atoms with Gasteiger partial charge in [-0.1, -0.05) is 26.2 Å². The minimum absolute atomic E-state index is 0.245. The van der Waals surface area contributed by atoms with Gasteiger partial charge < -0.3 is 0 Å². The first-order chi connectivity index (χ1) is 8.11. The standard InChI is InChI=1S/C12H24ClNO2S/c1-2-14(12-8-4-3-5-9-12)17(15,16)11-7-6-10-13/h12H,2-11H2,1H3. The molecule has 0 aliphatic heterocycles. The molecule has 0 atom stereocenters. The molecule has 0 N–H and O–H groups in total. The Morgan fingerprint density at radius 3 is 2.35 bits per heavy atom. The molecule has 0 aromatic heterocycles. The number of hydrogen-bond donors (Lipinski definition) is 0. The lowest BCUT2D eigenvalue weighted by Crippen LogP contribution is -2.42. The van der Waals surface area contributed by atoms with Crippen molar-refractivity contribution >= 4 is 21.6 Å². The molecule has 0 amide bonds. The van der Waals surface area contributed by atoms with Crippen LogP contribution in [0.4, 0.5) is 0 Å². The predicted octanol–water partition coefficient (Wildman–Crippen LogP) is 2.99. The largest absolute Gasteiger partial charge is 0.214 e. The summed E-state index contributed by atoms with van der Waals surface area (Å²) in [4.78, 5) is 0. The zero-order chi connectivity index (χ0) is 12.7. The summed E-state index contributed by atoms with van der Waals surface area (Å²) in [6, 6.07) is 0.245. The lowest BCUT2D eigenvalue weighted by Gasteiger charge is -2.32. The van der Waals surface area contributed by atoms with Gasteiger partial charge in [0, 0.05) is 18.5 Å². The SMILES string of the molecule is CCN(C1CCCCC1)S(=O)(=O)CCCCCl. The van der Waals surface area contributed by atoms with E-state index in [1.54, 1.807) is 4.31 Å². The monoisotopic (exact) mass is 281 g/mol. The van der Waals surface area contributed by atoms with E-state index < -0.39 is 10.0 Å². The highest BCUT2D eigenvalue weighted by Gasteiger charge is 2.28. The van der Waals surface area contributed by atoms with E-state index in [2.05, 4.69) is 0 Å². The Kier molecular flexibility index (Phi) is 6.82. The number of sulfonamides is 1. The zero-order valence-corrected chi connectivity index (χ0v) is 12.3. The van der Waals surface area contributed by atoms with Gasteiger partial charge >= 0.3 is 0 Å². The predicted molar refractivity (Wildman–Crippen MR) is 73.0 cm³/mol. The summed E-state index contributed by atoms with van der Waals surface area (Å²) in [5, 5.41) is 0. The second-order valence-electron chi connectivity index (χ2n) is 4.71. The molecule has 5 heteroatoms. The summed E-state index contributed by atoms with van der Waals surface area (Å²) in [6.07, 6.45) is 7.10. The highest BCUT2D eigenvalue weighted by Crippen LogP contribution is 2.25. The Balaban J connectivity index is 2.57. The van der Waals surface area contributed by atoms with E-state index >= 15 is 0 Å². The maximum Gasteiger partial charge on any atom is 0.214 e. The second-order valence-corrected chi connectivity index (χ2v) is 7.13. The summed E-state index contributed by atoms with van der Waals surface area (Å²) >= 11 is 5.58. The Morgan fingerprint density at radius 2 is 1.82 bits per heavy atom. The molecule has 0 unspecified atom stereocenters. The number of unbranched alkanes of at least 4 members (excludes halogenated alkanes) is 1. The van der Waals surface area contributed by atoms with E-state index in [0.29, 0.717) is 18.8 Å². The van der Waals surface area contributed by atoms with Gasteiger partial charge in [-0.2, -0.15) is 4.31 Å². The Bertz CT molecular complexity index is 300. The lowest BCUT2D eigenvalue weighted by atomic mass is 9.95. The first-order valence-corrected chi connectivity index (χ1v) is 8.81. The van der Waals surface area contributed by atoms with Gasteiger partial charge in [0.1, 0.15) is 0 Å². The van der Waals surface area contributed by atoms with E-state index in [4.69, 9.17) is 11.6 Å². The number of nitrogens with zero attached hydrogens (tertiary/aromatic N) is 1. The molecular weight excluding hydrogens is 258 g/mol. The zero-order valence-electron chi connectivity index (χ0n) is 10.7. The Labute approximate surface area is 111 Å². The third-order valence-electron chi connectivity index (χ3n) is 3.44. The molecule has 1 fully saturated rings. The third kappa shape index (κ3) is 4.76. The topological polar surface area (TPSA) is 37.4 Å². The van der Waals surface area contributed by atoms with Crippen LogP contribution >= 0.6 is 11.6 Å². The first kappa shape index (κ1) is 15.3. The van der Waals surface area contributed by atoms with Crippen molar-refractivity contribution in [3.63, 3.8) is 0 Å². The highest BCUT2D eigenvalue weighted by atomic mass is 35.5. The normalized spacial score (nSPS) is 18.8. The van der Waals surface area contributed by atoms with E-state index in [9.17, 15) is 8.42 Å². The van der Waals surface area contributed by atoms with Gasteiger partial charge in [0.25, 0.3) is 0 Å². The van der Waals surface area contributed by atoms with Gasteiger partial charge in [0.2, 0.25) is 10.0 Å². The van der Waals surface area contributed by atoms with Crippen LogP contribution in [0.1, 0.15) is 51.9 Å². The highest BCUT2D eigenvalue weighted by molar-refractivity contribution is 7.89. The smallest absolute Gasteiger partial charge is 0.212 e. The molecule has 1 rings (SSSR count). The summed E-state index contributed by atoms with van der Waals surface area (Å²) in [5.74, 6) is 0.801. The fourth-order valence-electron chi connectivity index (χ4n) is 2.55. The van der Waals surface area contributed by atoms with Crippen molar-refractivity contribution < 1.29 is 8.42 Å². The summed E-state index contributed by atoms with van der Waals surface area (Å²) < 4.78 is 26.2. The fraction of sp³-hybridized carbons (Fsp3) is 1.00. The van der Waals surface area contributed by atoms with Gasteiger partial charge in [-0.15, -0.1) is 11.6 Å². The summed E-state index contributed by atoms with van der Waals surface area (Å²) in [6.45, 7) is 2.54. The van der Waals surface area contributed by atoms with Gasteiger partial charge in [-0.25, -0.2) is 8.42 Å². The first-order valence-electron chi connectivity index (χ1n) is 6.67. The van der Waals surface area contributed by atoms with Crippen molar-refractivity contribution in [2.24, 2.45) is 0 Å². The molecule has 1 aliphatic carbocycles. The number of hydrogen-bond acceptors (Lipinski definition) is 2. The quantitative estimate of drug-likeness (QED) is 0.531. The van der Waals surface area contributed by atoms with Gasteiger partial charge in [-0.3, -0.25) is 0 Å². The van der Waals surface area contributed by atoms with Crippen molar-refractivity contribution in [3.8, 4) is 0 Å². The molecule has 1 saturated carbocycles. The molecule has 1 aliphatic rings. The number of halogens is 1. The maximum atomic E-state index is 12.2. The van der Waals surface area contributed by atoms with Crippen molar-refractivity contribution in [1.82, 2.24) is 4.31 Å². The van der Waals surface area contributed by atoms with Crippen LogP contribution in [0, 0.1) is 0 Å². The minimum atomic E-state index is -3.07. The molecule has 0 spiro atoms. The van der Waals surface area contributed by atoms with Crippen molar-refractivity contribution in [1.29, 1.82) is 0 Å². The van der Waals surface area contributed by atoms with Gasteiger partial charge in [0.15, 0.2) is 0 Å². The summed E-state index contributed by atoms with van der Waals surface area (Å²) in [5.41, 5.74) is 0. The number of alkyl halides is 1. The molecule has 0 aromatic carbocycles. The fourth-order valence-corrected chi connectivity index (χ4v) is 4.60. The summed E-state index contributed by atoms with van der Waals surface area (Å²) in [7, 11) is -3.07. The van der Waals surface area contributed by atoms with Crippen LogP contribution in [0.2, 0.25) is 0 Å². The molecule has 0 heterocycles. The Hall–Kier alpha value is 0.200. The number of rotatable bonds is 7. The van der Waals surface area contributed by atoms with E-state index in [-0.39, 0.29) is 11.8 Å². The van der Waals surface area contributed by atoms with Crippen molar-refractivity contribution in [3.05, 3.63) is 0 Å². The van der Waals surface area contributed by atoms with Crippen LogP contribution in [0.5, 0.6) is 0 Å². The molecule has 0 saturated heterocycles. The second kappa shape index (κ2) is 7.59. The average Bonchev–Trinajstić information content (AvgIpc) is 2.31. The van der Waals surface area contributed by atoms with E-state index in [1.165, 1.54) is 19.3 Å². The van der Waals surface area contributed by atoms with E-state index in [0.717, 1.165) is 19.3 Å². The lowest BCUT2D eigenvalue weighted by molar-refractivity contribution is 0.261.